The molecule has 1 N–H and O–H groups in total. The number of carboxylic acids is 1. The molecule has 0 saturated heterocycles. The number of rotatable bonds is 4. The molecule has 0 unspecified atom stereocenters. The van der Waals surface area contributed by atoms with Crippen molar-refractivity contribution in [1.82, 2.24) is 4.98 Å². The van der Waals surface area contributed by atoms with E-state index in [9.17, 15) is 13.6 Å². The van der Waals surface area contributed by atoms with E-state index in [4.69, 9.17) is 28.3 Å². The molecule has 0 amide bonds. The summed E-state index contributed by atoms with van der Waals surface area (Å²) in [6.45, 7) is 0. The van der Waals surface area contributed by atoms with Gasteiger partial charge in [-0.15, -0.1) is 0 Å². The molecule has 1 aromatic heterocycles. The van der Waals surface area contributed by atoms with Crippen LogP contribution in [0.3, 0.4) is 0 Å². The first-order valence-electron chi connectivity index (χ1n) is 5.90. The maximum atomic E-state index is 13.9. The van der Waals surface area contributed by atoms with Crippen molar-refractivity contribution >= 4 is 29.2 Å². The molecule has 0 bridgehead atoms. The Labute approximate surface area is 129 Å². The van der Waals surface area contributed by atoms with Gasteiger partial charge in [-0.3, -0.25) is 4.79 Å². The highest BCUT2D eigenvalue weighted by Crippen LogP contribution is 2.33. The van der Waals surface area contributed by atoms with Crippen molar-refractivity contribution in [3.8, 4) is 11.1 Å². The van der Waals surface area contributed by atoms with Gasteiger partial charge in [0.2, 0.25) is 0 Å². The fraction of sp³-hybridized carbons (Fsp3) is 0.143. The molecule has 0 saturated carbocycles. The molecule has 2 aromatic rings. The van der Waals surface area contributed by atoms with Gasteiger partial charge in [0.1, 0.15) is 21.9 Å². The SMILES string of the molecule is O=C(O)CCc1c(-c2ccc(F)cc2F)cc(Cl)nc1Cl. The van der Waals surface area contributed by atoms with Gasteiger partial charge >= 0.3 is 5.97 Å². The monoisotopic (exact) mass is 331 g/mol. The first kappa shape index (κ1) is 15.7. The zero-order chi connectivity index (χ0) is 15.6. The van der Waals surface area contributed by atoms with Crippen molar-refractivity contribution in [2.45, 2.75) is 12.8 Å². The summed E-state index contributed by atoms with van der Waals surface area (Å²) in [5.74, 6) is -2.52. The molecule has 0 spiro atoms. The number of benzene rings is 1. The van der Waals surface area contributed by atoms with Crippen LogP contribution in [-0.4, -0.2) is 16.1 Å². The molecule has 21 heavy (non-hydrogen) atoms. The van der Waals surface area contributed by atoms with Gasteiger partial charge in [0.15, 0.2) is 0 Å². The molecular weight excluding hydrogens is 323 g/mol. The fourth-order valence-electron chi connectivity index (χ4n) is 1.93. The van der Waals surface area contributed by atoms with Crippen molar-refractivity contribution in [1.29, 1.82) is 0 Å². The Bertz CT molecular complexity index is 708. The molecule has 0 radical (unpaired) electrons. The van der Waals surface area contributed by atoms with Crippen LogP contribution in [0.1, 0.15) is 12.0 Å². The smallest absolute Gasteiger partial charge is 0.303 e. The van der Waals surface area contributed by atoms with Gasteiger partial charge in [0.25, 0.3) is 0 Å². The number of hydrogen-bond donors (Lipinski definition) is 1. The van der Waals surface area contributed by atoms with E-state index in [1.807, 2.05) is 0 Å². The molecule has 7 heteroatoms. The van der Waals surface area contributed by atoms with Gasteiger partial charge in [-0.2, -0.15) is 0 Å². The molecule has 0 aliphatic rings. The minimum Gasteiger partial charge on any atom is -0.481 e. The second-order valence-electron chi connectivity index (χ2n) is 4.28. The Kier molecular flexibility index (Phi) is 4.75. The third kappa shape index (κ3) is 3.68. The van der Waals surface area contributed by atoms with Gasteiger partial charge < -0.3 is 5.11 Å². The van der Waals surface area contributed by atoms with Crippen molar-refractivity contribution in [2.24, 2.45) is 0 Å². The van der Waals surface area contributed by atoms with Crippen LogP contribution < -0.4 is 0 Å². The minimum absolute atomic E-state index is 0.00229. The van der Waals surface area contributed by atoms with E-state index < -0.39 is 17.6 Å². The lowest BCUT2D eigenvalue weighted by Gasteiger charge is -2.12. The maximum absolute atomic E-state index is 13.9. The Hall–Kier alpha value is -1.72. The zero-order valence-corrected chi connectivity index (χ0v) is 12.1. The Morgan fingerprint density at radius 2 is 1.90 bits per heavy atom. The van der Waals surface area contributed by atoms with Crippen LogP contribution in [0.5, 0.6) is 0 Å². The summed E-state index contributed by atoms with van der Waals surface area (Å²) >= 11 is 11.8. The van der Waals surface area contributed by atoms with E-state index >= 15 is 0 Å². The fourth-order valence-corrected chi connectivity index (χ4v) is 2.45. The van der Waals surface area contributed by atoms with E-state index in [0.717, 1.165) is 12.1 Å². The van der Waals surface area contributed by atoms with Crippen molar-refractivity contribution in [2.75, 3.05) is 0 Å². The molecule has 1 aromatic carbocycles. The van der Waals surface area contributed by atoms with E-state index in [2.05, 4.69) is 4.98 Å². The predicted octanol–water partition coefficient (Wildman–Crippen LogP) is 4.35. The lowest BCUT2D eigenvalue weighted by molar-refractivity contribution is -0.136. The van der Waals surface area contributed by atoms with Crippen LogP contribution in [0.4, 0.5) is 8.78 Å². The van der Waals surface area contributed by atoms with Gasteiger partial charge in [-0.05, 0) is 35.7 Å². The van der Waals surface area contributed by atoms with Crippen LogP contribution in [0.25, 0.3) is 11.1 Å². The standard InChI is InChI=1S/C14H9Cl2F2NO2/c15-12-6-10(8-2-1-7(17)5-11(8)18)9(14(16)19-12)3-4-13(20)21/h1-2,5-6H,3-4H2,(H,20,21). The molecule has 0 aliphatic heterocycles. The summed E-state index contributed by atoms with van der Waals surface area (Å²) < 4.78 is 26.9. The Balaban J connectivity index is 2.57. The summed E-state index contributed by atoms with van der Waals surface area (Å²) in [4.78, 5) is 14.5. The van der Waals surface area contributed by atoms with Crippen molar-refractivity contribution < 1.29 is 18.7 Å². The summed E-state index contributed by atoms with van der Waals surface area (Å²) in [7, 11) is 0. The summed E-state index contributed by atoms with van der Waals surface area (Å²) in [5, 5.41) is 8.80. The summed E-state index contributed by atoms with van der Waals surface area (Å²) in [6.07, 6.45) is -0.136. The van der Waals surface area contributed by atoms with Crippen molar-refractivity contribution in [3.63, 3.8) is 0 Å². The number of nitrogens with zero attached hydrogens (tertiary/aromatic N) is 1. The van der Waals surface area contributed by atoms with E-state index in [-0.39, 0.29) is 28.7 Å². The highest BCUT2D eigenvalue weighted by Gasteiger charge is 2.16. The average molecular weight is 332 g/mol. The van der Waals surface area contributed by atoms with Gasteiger partial charge in [-0.1, -0.05) is 23.2 Å². The van der Waals surface area contributed by atoms with Crippen LogP contribution in [0, 0.1) is 11.6 Å². The first-order valence-corrected chi connectivity index (χ1v) is 6.66. The lowest BCUT2D eigenvalue weighted by atomic mass is 9.98. The topological polar surface area (TPSA) is 50.2 Å². The number of halogens is 4. The Morgan fingerprint density at radius 1 is 1.19 bits per heavy atom. The van der Waals surface area contributed by atoms with Gasteiger partial charge in [0.05, 0.1) is 0 Å². The van der Waals surface area contributed by atoms with E-state index in [0.29, 0.717) is 11.1 Å². The van der Waals surface area contributed by atoms with Crippen molar-refractivity contribution in [3.05, 3.63) is 51.8 Å². The molecule has 1 heterocycles. The van der Waals surface area contributed by atoms with Crippen LogP contribution in [-0.2, 0) is 11.2 Å². The second kappa shape index (κ2) is 6.37. The average Bonchev–Trinajstić information content (AvgIpc) is 2.36. The number of carboxylic acid groups (broad SMARTS) is 1. The third-order valence-electron chi connectivity index (χ3n) is 2.85. The zero-order valence-electron chi connectivity index (χ0n) is 10.5. The molecular formula is C14H9Cl2F2NO2. The quantitative estimate of drug-likeness (QED) is 0.847. The predicted molar refractivity (Wildman–Crippen MR) is 75.6 cm³/mol. The van der Waals surface area contributed by atoms with Gasteiger partial charge in [-0.25, -0.2) is 13.8 Å². The highest BCUT2D eigenvalue weighted by molar-refractivity contribution is 6.33. The number of hydrogen-bond acceptors (Lipinski definition) is 2. The normalized spacial score (nSPS) is 10.7. The van der Waals surface area contributed by atoms with Gasteiger partial charge in [0, 0.05) is 18.1 Å². The van der Waals surface area contributed by atoms with Crippen LogP contribution in [0.15, 0.2) is 24.3 Å². The molecule has 0 atom stereocenters. The summed E-state index contributed by atoms with van der Waals surface area (Å²) in [5.41, 5.74) is 0.746. The maximum Gasteiger partial charge on any atom is 0.303 e. The molecule has 2 rings (SSSR count). The third-order valence-corrected chi connectivity index (χ3v) is 3.36. The second-order valence-corrected chi connectivity index (χ2v) is 5.03. The van der Waals surface area contributed by atoms with Crippen LogP contribution >= 0.6 is 23.2 Å². The van der Waals surface area contributed by atoms with E-state index in [1.165, 1.54) is 12.1 Å². The molecule has 3 nitrogen and oxygen atoms in total. The number of aromatic nitrogens is 1. The highest BCUT2D eigenvalue weighted by atomic mass is 35.5. The lowest BCUT2D eigenvalue weighted by Crippen LogP contribution is -2.02. The Morgan fingerprint density at radius 3 is 2.52 bits per heavy atom. The molecule has 110 valence electrons. The van der Waals surface area contributed by atoms with Crippen LogP contribution in [0.2, 0.25) is 10.3 Å². The first-order chi connectivity index (χ1) is 9.88. The molecule has 0 fully saturated rings. The largest absolute Gasteiger partial charge is 0.481 e. The minimum atomic E-state index is -1.02. The number of pyridine rings is 1. The molecule has 0 aliphatic carbocycles. The number of aliphatic carboxylic acids is 1. The summed E-state index contributed by atoms with van der Waals surface area (Å²) in [6, 6.07) is 4.46. The number of carbonyl (C=O) groups is 1. The van der Waals surface area contributed by atoms with E-state index in [1.54, 1.807) is 0 Å².